The average molecular weight is 336 g/mol. The van der Waals surface area contributed by atoms with Gasteiger partial charge in [-0.1, -0.05) is 0 Å². The number of aromatic nitrogens is 2. The molecule has 2 saturated heterocycles. The number of nitrogens with zero attached hydrogens (tertiary/aromatic N) is 2. The van der Waals surface area contributed by atoms with Gasteiger partial charge in [-0.2, -0.15) is 29.9 Å². The monoisotopic (exact) mass is 336 g/mol. The molecule has 1 aromatic rings. The SMILES string of the molecule is CC1(C)O[C@@H]2[C@@H](Oc3nccc(C(F)(F)F)n3)CSC[C@@H]2O1. The summed E-state index contributed by atoms with van der Waals surface area (Å²) in [4.78, 5) is 7.18. The Labute approximate surface area is 129 Å². The van der Waals surface area contributed by atoms with E-state index in [1.54, 1.807) is 25.6 Å². The average Bonchev–Trinajstić information content (AvgIpc) is 2.73. The third-order valence-electron chi connectivity index (χ3n) is 3.33. The van der Waals surface area contributed by atoms with Crippen molar-refractivity contribution in [3.05, 3.63) is 18.0 Å². The Morgan fingerprint density at radius 2 is 2.09 bits per heavy atom. The van der Waals surface area contributed by atoms with Crippen LogP contribution in [0.2, 0.25) is 0 Å². The first kappa shape index (κ1) is 15.8. The number of rotatable bonds is 2. The Morgan fingerprint density at radius 1 is 1.32 bits per heavy atom. The lowest BCUT2D eigenvalue weighted by Crippen LogP contribution is -2.46. The highest BCUT2D eigenvalue weighted by molar-refractivity contribution is 7.99. The predicted molar refractivity (Wildman–Crippen MR) is 72.6 cm³/mol. The summed E-state index contributed by atoms with van der Waals surface area (Å²) in [6.45, 7) is 3.60. The fourth-order valence-electron chi connectivity index (χ4n) is 2.49. The maximum atomic E-state index is 12.7. The third-order valence-corrected chi connectivity index (χ3v) is 4.46. The molecule has 3 rings (SSSR count). The van der Waals surface area contributed by atoms with Crippen LogP contribution in [0.25, 0.3) is 0 Å². The highest BCUT2D eigenvalue weighted by Gasteiger charge is 2.48. The first-order valence-corrected chi connectivity index (χ1v) is 7.90. The van der Waals surface area contributed by atoms with E-state index >= 15 is 0 Å². The number of halogens is 3. The summed E-state index contributed by atoms with van der Waals surface area (Å²) in [5, 5.41) is 0. The van der Waals surface area contributed by atoms with Gasteiger partial charge < -0.3 is 14.2 Å². The molecule has 0 N–H and O–H groups in total. The highest BCUT2D eigenvalue weighted by Crippen LogP contribution is 2.37. The van der Waals surface area contributed by atoms with Crippen molar-refractivity contribution >= 4 is 11.8 Å². The molecule has 122 valence electrons. The molecule has 22 heavy (non-hydrogen) atoms. The molecule has 0 unspecified atom stereocenters. The molecule has 2 fully saturated rings. The fraction of sp³-hybridized carbons (Fsp3) is 0.692. The topological polar surface area (TPSA) is 53.5 Å². The molecule has 0 spiro atoms. The van der Waals surface area contributed by atoms with E-state index in [9.17, 15) is 13.2 Å². The van der Waals surface area contributed by atoms with E-state index in [2.05, 4.69) is 9.97 Å². The molecule has 0 bridgehead atoms. The van der Waals surface area contributed by atoms with E-state index < -0.39 is 23.8 Å². The van der Waals surface area contributed by atoms with Gasteiger partial charge in [0.15, 0.2) is 11.5 Å². The van der Waals surface area contributed by atoms with E-state index in [0.29, 0.717) is 5.75 Å². The second kappa shape index (κ2) is 5.54. The van der Waals surface area contributed by atoms with Gasteiger partial charge in [0, 0.05) is 17.7 Å². The number of thioether (sulfide) groups is 1. The zero-order valence-corrected chi connectivity index (χ0v) is 12.8. The largest absolute Gasteiger partial charge is 0.456 e. The van der Waals surface area contributed by atoms with Crippen molar-refractivity contribution < 1.29 is 27.4 Å². The van der Waals surface area contributed by atoms with Gasteiger partial charge in [0.25, 0.3) is 0 Å². The lowest BCUT2D eigenvalue weighted by Gasteiger charge is -2.30. The molecular weight excluding hydrogens is 321 g/mol. The smallest absolute Gasteiger partial charge is 0.433 e. The normalized spacial score (nSPS) is 30.9. The molecular formula is C13H15F3N2O3S. The summed E-state index contributed by atoms with van der Waals surface area (Å²) in [5.74, 6) is 0.619. The van der Waals surface area contributed by atoms with Gasteiger partial charge in [0.1, 0.15) is 12.2 Å². The number of ether oxygens (including phenoxy) is 3. The van der Waals surface area contributed by atoms with Gasteiger partial charge in [0.2, 0.25) is 0 Å². The lowest BCUT2D eigenvalue weighted by atomic mass is 10.1. The van der Waals surface area contributed by atoms with Gasteiger partial charge in [-0.05, 0) is 19.9 Å². The van der Waals surface area contributed by atoms with Crippen molar-refractivity contribution in [2.45, 2.75) is 44.1 Å². The van der Waals surface area contributed by atoms with Crippen LogP contribution in [0, 0.1) is 0 Å². The van der Waals surface area contributed by atoms with Gasteiger partial charge in [-0.3, -0.25) is 0 Å². The van der Waals surface area contributed by atoms with Gasteiger partial charge in [0.05, 0.1) is 6.10 Å². The second-order valence-electron chi connectivity index (χ2n) is 5.55. The van der Waals surface area contributed by atoms with E-state index in [-0.39, 0.29) is 18.2 Å². The maximum absolute atomic E-state index is 12.7. The van der Waals surface area contributed by atoms with Crippen LogP contribution in [0.5, 0.6) is 6.01 Å². The van der Waals surface area contributed by atoms with Crippen LogP contribution in [0.4, 0.5) is 13.2 Å². The molecule has 0 amide bonds. The fourth-order valence-corrected chi connectivity index (χ4v) is 3.61. The predicted octanol–water partition coefficient (Wildman–Crippen LogP) is 2.51. The summed E-state index contributed by atoms with van der Waals surface area (Å²) in [6, 6.07) is 0.512. The molecule has 3 heterocycles. The second-order valence-corrected chi connectivity index (χ2v) is 6.63. The van der Waals surface area contributed by atoms with Crippen LogP contribution in [0.3, 0.4) is 0 Å². The maximum Gasteiger partial charge on any atom is 0.433 e. The molecule has 2 aliphatic heterocycles. The van der Waals surface area contributed by atoms with Crippen LogP contribution in [-0.2, 0) is 15.7 Å². The standard InChI is InChI=1S/C13H15F3N2O3S/c1-12(2)20-8-6-22-5-7(10(8)21-12)19-11-17-4-3-9(18-11)13(14,15)16/h3-4,7-8,10H,5-6H2,1-2H3/t7-,8-,10+/m0/s1. The van der Waals surface area contributed by atoms with E-state index in [1.165, 1.54) is 0 Å². The summed E-state index contributed by atoms with van der Waals surface area (Å²) >= 11 is 1.60. The number of fused-ring (bicyclic) bond motifs is 1. The van der Waals surface area contributed by atoms with Crippen LogP contribution < -0.4 is 4.74 Å². The summed E-state index contributed by atoms with van der Waals surface area (Å²) in [7, 11) is 0. The zero-order chi connectivity index (χ0) is 16.0. The molecule has 1 aromatic heterocycles. The summed E-state index contributed by atoms with van der Waals surface area (Å²) in [6.07, 6.45) is -4.43. The molecule has 2 aliphatic rings. The molecule has 0 radical (unpaired) electrons. The Morgan fingerprint density at radius 3 is 2.82 bits per heavy atom. The molecule has 3 atom stereocenters. The van der Waals surface area contributed by atoms with E-state index in [1.807, 2.05) is 0 Å². The van der Waals surface area contributed by atoms with Crippen molar-refractivity contribution in [1.29, 1.82) is 0 Å². The Bertz CT molecular complexity index is 556. The van der Waals surface area contributed by atoms with Crippen LogP contribution in [0.1, 0.15) is 19.5 Å². The first-order chi connectivity index (χ1) is 10.2. The van der Waals surface area contributed by atoms with Crippen molar-refractivity contribution in [2.75, 3.05) is 11.5 Å². The molecule has 0 aliphatic carbocycles. The molecule has 0 saturated carbocycles. The van der Waals surface area contributed by atoms with Crippen molar-refractivity contribution in [2.24, 2.45) is 0 Å². The van der Waals surface area contributed by atoms with Gasteiger partial charge >= 0.3 is 12.2 Å². The third kappa shape index (κ3) is 3.31. The van der Waals surface area contributed by atoms with Gasteiger partial charge in [-0.25, -0.2) is 4.98 Å². The van der Waals surface area contributed by atoms with Crippen LogP contribution in [-0.4, -0.2) is 45.6 Å². The van der Waals surface area contributed by atoms with Crippen LogP contribution >= 0.6 is 11.8 Å². The quantitative estimate of drug-likeness (QED) is 0.827. The number of hydrogen-bond acceptors (Lipinski definition) is 6. The Kier molecular flexibility index (Phi) is 3.98. The van der Waals surface area contributed by atoms with E-state index in [0.717, 1.165) is 18.0 Å². The molecule has 5 nitrogen and oxygen atoms in total. The Balaban J connectivity index is 1.75. The number of hydrogen-bond donors (Lipinski definition) is 0. The minimum absolute atomic E-state index is 0.149. The summed E-state index contributed by atoms with van der Waals surface area (Å²) in [5.41, 5.74) is -1.03. The Hall–Kier alpha value is -1.06. The van der Waals surface area contributed by atoms with Gasteiger partial charge in [-0.15, -0.1) is 0 Å². The van der Waals surface area contributed by atoms with Crippen molar-refractivity contribution in [3.8, 4) is 6.01 Å². The summed E-state index contributed by atoms with van der Waals surface area (Å²) < 4.78 is 55.1. The van der Waals surface area contributed by atoms with E-state index in [4.69, 9.17) is 14.2 Å². The highest BCUT2D eigenvalue weighted by atomic mass is 32.2. The minimum atomic E-state index is -4.53. The first-order valence-electron chi connectivity index (χ1n) is 6.75. The van der Waals surface area contributed by atoms with Crippen LogP contribution in [0.15, 0.2) is 12.3 Å². The molecule has 9 heteroatoms. The minimum Gasteiger partial charge on any atom is -0.456 e. The number of alkyl halides is 3. The van der Waals surface area contributed by atoms with Crippen molar-refractivity contribution in [1.82, 2.24) is 9.97 Å². The molecule has 0 aromatic carbocycles. The van der Waals surface area contributed by atoms with Crippen molar-refractivity contribution in [3.63, 3.8) is 0 Å². The lowest BCUT2D eigenvalue weighted by molar-refractivity contribution is -0.151. The zero-order valence-electron chi connectivity index (χ0n) is 12.0.